The van der Waals surface area contributed by atoms with Crippen LogP contribution in [0, 0.1) is 0 Å². The molecule has 6 aromatic rings. The Balaban J connectivity index is 1.24. The van der Waals surface area contributed by atoms with Crippen molar-refractivity contribution in [2.24, 2.45) is 0 Å². The topological polar surface area (TPSA) is 73.9 Å². The first-order chi connectivity index (χ1) is 25.6. The quantitative estimate of drug-likeness (QED) is 0.135. The summed E-state index contributed by atoms with van der Waals surface area (Å²) in [5.74, 6) is 0.284. The fourth-order valence-corrected chi connectivity index (χ4v) is 6.76. The van der Waals surface area contributed by atoms with Gasteiger partial charge in [0.25, 0.3) is 5.91 Å². The van der Waals surface area contributed by atoms with Crippen LogP contribution in [0.5, 0.6) is 5.75 Å². The molecule has 52 heavy (non-hydrogen) atoms. The van der Waals surface area contributed by atoms with Crippen LogP contribution >= 0.6 is 0 Å². The third-order valence-corrected chi connectivity index (χ3v) is 9.34. The summed E-state index contributed by atoms with van der Waals surface area (Å²) in [6.07, 6.45) is 0.375. The van der Waals surface area contributed by atoms with Crippen molar-refractivity contribution < 1.29 is 14.3 Å². The van der Waals surface area contributed by atoms with Gasteiger partial charge in [0.05, 0.1) is 5.56 Å². The molecule has 1 saturated heterocycles. The van der Waals surface area contributed by atoms with Crippen LogP contribution in [0.4, 0.5) is 16.2 Å². The number of carbonyl (C=O) groups is 2. The lowest BCUT2D eigenvalue weighted by Crippen LogP contribution is -2.41. The Morgan fingerprint density at radius 3 is 1.81 bits per heavy atom. The molecule has 1 fully saturated rings. The average molecular weight is 687 g/mol. The predicted molar refractivity (Wildman–Crippen MR) is 207 cm³/mol. The Bertz CT molecular complexity index is 2010. The van der Waals surface area contributed by atoms with Gasteiger partial charge in [-0.2, -0.15) is 0 Å². The van der Waals surface area contributed by atoms with Crippen LogP contribution in [0.3, 0.4) is 0 Å². The smallest absolute Gasteiger partial charge is 0.323 e. The summed E-state index contributed by atoms with van der Waals surface area (Å²) in [6, 6.07) is 54.7. The standard InChI is InChI=1S/C45H42N4O3/c50-44(49(32-35-18-8-2-9-19-35)40-28-29-48(33-40)31-34-16-6-1-7-17-34)41-30-39(47-45(51)46-38-24-14-5-15-25-38)26-27-42(41)52-43(36-20-10-3-11-21-36)37-22-12-4-13-23-37/h1-27,30,40,43H,28-29,31-33H2,(H2,46,47,51). The SMILES string of the molecule is O=C(Nc1ccccc1)Nc1ccc(OC(c2ccccc2)c2ccccc2)c(C(=O)N(Cc2ccccc2)C2CCN(Cc3ccccc3)C2)c1. The number of ether oxygens (including phenoxy) is 1. The number of nitrogens with zero attached hydrogens (tertiary/aromatic N) is 2. The van der Waals surface area contributed by atoms with Gasteiger partial charge >= 0.3 is 6.03 Å². The van der Waals surface area contributed by atoms with E-state index in [4.69, 9.17) is 4.74 Å². The molecule has 0 saturated carbocycles. The Hall–Kier alpha value is -6.18. The fourth-order valence-electron chi connectivity index (χ4n) is 6.76. The number of amides is 3. The molecule has 1 atom stereocenters. The number of hydrogen-bond acceptors (Lipinski definition) is 4. The second kappa shape index (κ2) is 16.7. The average Bonchev–Trinajstić information content (AvgIpc) is 3.66. The minimum atomic E-state index is -0.468. The molecular weight excluding hydrogens is 645 g/mol. The molecule has 1 heterocycles. The molecule has 3 amide bonds. The molecule has 7 nitrogen and oxygen atoms in total. The van der Waals surface area contributed by atoms with Crippen LogP contribution in [-0.2, 0) is 13.1 Å². The van der Waals surface area contributed by atoms with Crippen LogP contribution in [0.1, 0.15) is 45.1 Å². The van der Waals surface area contributed by atoms with Crippen molar-refractivity contribution in [2.45, 2.75) is 31.7 Å². The summed E-state index contributed by atoms with van der Waals surface area (Å²) in [5.41, 5.74) is 5.75. The van der Waals surface area contributed by atoms with Gasteiger partial charge in [0.2, 0.25) is 0 Å². The van der Waals surface area contributed by atoms with Crippen LogP contribution in [0.2, 0.25) is 0 Å². The zero-order valence-electron chi connectivity index (χ0n) is 29.0. The third-order valence-electron chi connectivity index (χ3n) is 9.34. The molecule has 7 heteroatoms. The van der Waals surface area contributed by atoms with Gasteiger partial charge in [0.15, 0.2) is 0 Å². The third kappa shape index (κ3) is 8.75. The maximum Gasteiger partial charge on any atom is 0.323 e. The summed E-state index contributed by atoms with van der Waals surface area (Å²) in [6.45, 7) is 2.89. The maximum absolute atomic E-state index is 15.1. The monoisotopic (exact) mass is 686 g/mol. The molecule has 0 aliphatic carbocycles. The first kappa shape index (κ1) is 34.3. The van der Waals surface area contributed by atoms with Crippen LogP contribution < -0.4 is 15.4 Å². The summed E-state index contributed by atoms with van der Waals surface area (Å²) in [4.78, 5) is 32.6. The fraction of sp³-hybridized carbons (Fsp3) is 0.156. The van der Waals surface area contributed by atoms with Crippen molar-refractivity contribution in [3.63, 3.8) is 0 Å². The van der Waals surface area contributed by atoms with Crippen molar-refractivity contribution in [3.05, 3.63) is 198 Å². The van der Waals surface area contributed by atoms with Gasteiger partial charge in [-0.25, -0.2) is 4.79 Å². The number of hydrogen-bond donors (Lipinski definition) is 2. The molecule has 6 aromatic carbocycles. The Labute approximate surface area is 305 Å². The maximum atomic E-state index is 15.1. The zero-order valence-corrected chi connectivity index (χ0v) is 29.0. The van der Waals surface area contributed by atoms with Gasteiger partial charge < -0.3 is 20.3 Å². The first-order valence-corrected chi connectivity index (χ1v) is 17.7. The van der Waals surface area contributed by atoms with Gasteiger partial charge in [-0.05, 0) is 59.0 Å². The molecule has 1 aliphatic heterocycles. The van der Waals surface area contributed by atoms with Crippen molar-refractivity contribution in [1.82, 2.24) is 9.80 Å². The Kier molecular flexibility index (Phi) is 11.0. The van der Waals surface area contributed by atoms with E-state index in [0.717, 1.165) is 42.7 Å². The molecule has 1 aliphatic rings. The highest BCUT2D eigenvalue weighted by Gasteiger charge is 2.33. The predicted octanol–water partition coefficient (Wildman–Crippen LogP) is 9.42. The number of likely N-dealkylation sites (tertiary alicyclic amines) is 1. The van der Waals surface area contributed by atoms with E-state index >= 15 is 4.79 Å². The molecule has 0 bridgehead atoms. The number of urea groups is 1. The molecule has 2 N–H and O–H groups in total. The van der Waals surface area contributed by atoms with Crippen molar-refractivity contribution in [2.75, 3.05) is 23.7 Å². The number of rotatable bonds is 12. The van der Waals surface area contributed by atoms with E-state index < -0.39 is 12.1 Å². The van der Waals surface area contributed by atoms with Crippen molar-refractivity contribution >= 4 is 23.3 Å². The van der Waals surface area contributed by atoms with Gasteiger partial charge in [-0.15, -0.1) is 0 Å². The van der Waals surface area contributed by atoms with Gasteiger partial charge in [-0.3, -0.25) is 9.69 Å². The van der Waals surface area contributed by atoms with Crippen LogP contribution in [-0.4, -0.2) is 40.9 Å². The largest absolute Gasteiger partial charge is 0.480 e. The van der Waals surface area contributed by atoms with E-state index in [1.807, 2.05) is 120 Å². The molecular formula is C45H42N4O3. The Morgan fingerprint density at radius 2 is 1.19 bits per heavy atom. The molecule has 0 aromatic heterocycles. The Morgan fingerprint density at radius 1 is 0.654 bits per heavy atom. The minimum absolute atomic E-state index is 0.0266. The zero-order chi connectivity index (χ0) is 35.5. The lowest BCUT2D eigenvalue weighted by molar-refractivity contribution is 0.0658. The normalized spacial score (nSPS) is 14.1. The number of para-hydroxylation sites is 1. The lowest BCUT2D eigenvalue weighted by Gasteiger charge is -2.31. The number of benzene rings is 6. The van der Waals surface area contributed by atoms with E-state index in [1.54, 1.807) is 18.2 Å². The van der Waals surface area contributed by atoms with E-state index in [9.17, 15) is 4.79 Å². The highest BCUT2D eigenvalue weighted by molar-refractivity contribution is 6.02. The number of carbonyl (C=O) groups excluding carboxylic acids is 2. The van der Waals surface area contributed by atoms with E-state index in [-0.39, 0.29) is 11.9 Å². The highest BCUT2D eigenvalue weighted by Crippen LogP contribution is 2.34. The van der Waals surface area contributed by atoms with Crippen molar-refractivity contribution in [1.29, 1.82) is 0 Å². The van der Waals surface area contributed by atoms with Crippen molar-refractivity contribution in [3.8, 4) is 5.75 Å². The van der Waals surface area contributed by atoms with E-state index in [1.165, 1.54) is 5.56 Å². The molecule has 260 valence electrons. The van der Waals surface area contributed by atoms with Gasteiger partial charge in [-0.1, -0.05) is 140 Å². The summed E-state index contributed by atoms with van der Waals surface area (Å²) >= 11 is 0. The summed E-state index contributed by atoms with van der Waals surface area (Å²) < 4.78 is 6.87. The molecule has 1 unspecified atom stereocenters. The second-order valence-electron chi connectivity index (χ2n) is 13.1. The number of nitrogens with one attached hydrogen (secondary N) is 2. The highest BCUT2D eigenvalue weighted by atomic mass is 16.5. The summed E-state index contributed by atoms with van der Waals surface area (Å²) in [5, 5.41) is 5.81. The minimum Gasteiger partial charge on any atom is -0.480 e. The van der Waals surface area contributed by atoms with Crippen LogP contribution in [0.25, 0.3) is 0 Å². The second-order valence-corrected chi connectivity index (χ2v) is 13.1. The first-order valence-electron chi connectivity index (χ1n) is 17.7. The van der Waals surface area contributed by atoms with Gasteiger partial charge in [0.1, 0.15) is 11.9 Å². The van der Waals surface area contributed by atoms with Crippen LogP contribution in [0.15, 0.2) is 170 Å². The molecule has 0 radical (unpaired) electrons. The summed E-state index contributed by atoms with van der Waals surface area (Å²) in [7, 11) is 0. The van der Waals surface area contributed by atoms with E-state index in [0.29, 0.717) is 29.2 Å². The van der Waals surface area contributed by atoms with Gasteiger partial charge in [0, 0.05) is 43.6 Å². The number of anilines is 2. The van der Waals surface area contributed by atoms with E-state index in [2.05, 4.69) is 51.9 Å². The lowest BCUT2D eigenvalue weighted by atomic mass is 10.0. The molecule has 7 rings (SSSR count). The molecule has 0 spiro atoms.